The number of hydrogen-bond acceptors (Lipinski definition) is 3. The molecule has 0 unspecified atom stereocenters. The van der Waals surface area contributed by atoms with Crippen LogP contribution < -0.4 is 15.8 Å². The predicted molar refractivity (Wildman–Crippen MR) is 125 cm³/mol. The number of aromatic nitrogens is 1. The molecule has 0 fully saturated rings. The fraction of sp³-hybridized carbons (Fsp3) is 0.182. The molecule has 0 spiro atoms. The van der Waals surface area contributed by atoms with Gasteiger partial charge in [-0.2, -0.15) is 0 Å². The van der Waals surface area contributed by atoms with Crippen molar-refractivity contribution < 1.29 is 4.74 Å². The van der Waals surface area contributed by atoms with Crippen LogP contribution in [0.5, 0.6) is 5.75 Å². The van der Waals surface area contributed by atoms with E-state index in [4.69, 9.17) is 10.5 Å². The first-order valence-electron chi connectivity index (χ1n) is 9.00. The number of hydrogen-bond donors (Lipinski definition) is 2. The monoisotopic (exact) mass is 488 g/mol. The second kappa shape index (κ2) is 11.3. The maximum absolute atomic E-state index is 6.02. The van der Waals surface area contributed by atoms with Crippen molar-refractivity contribution in [3.63, 3.8) is 0 Å². The van der Waals surface area contributed by atoms with Crippen LogP contribution in [0, 0.1) is 0 Å². The molecule has 0 radical (unpaired) electrons. The van der Waals surface area contributed by atoms with E-state index in [2.05, 4.69) is 34.3 Å². The fourth-order valence-electron chi connectivity index (χ4n) is 2.61. The van der Waals surface area contributed by atoms with Crippen LogP contribution in [0.3, 0.4) is 0 Å². The van der Waals surface area contributed by atoms with Gasteiger partial charge in [0.1, 0.15) is 12.4 Å². The summed E-state index contributed by atoms with van der Waals surface area (Å²) in [6.07, 6.45) is 2.74. The summed E-state index contributed by atoms with van der Waals surface area (Å²) < 4.78 is 5.80. The van der Waals surface area contributed by atoms with Gasteiger partial charge in [-0.15, -0.1) is 24.0 Å². The maximum Gasteiger partial charge on any atom is 0.193 e. The highest BCUT2D eigenvalue weighted by Crippen LogP contribution is 2.16. The summed E-state index contributed by atoms with van der Waals surface area (Å²) in [5.41, 5.74) is 10.1. The van der Waals surface area contributed by atoms with Gasteiger partial charge in [-0.05, 0) is 53.9 Å². The Labute approximate surface area is 183 Å². The molecule has 0 aliphatic carbocycles. The Bertz CT molecular complexity index is 900. The number of pyridine rings is 1. The first-order chi connectivity index (χ1) is 13.2. The number of nitrogens with zero attached hydrogens (tertiary/aromatic N) is 2. The van der Waals surface area contributed by atoms with E-state index in [1.165, 1.54) is 5.56 Å². The molecule has 0 saturated heterocycles. The normalized spacial score (nSPS) is 10.8. The lowest BCUT2D eigenvalue weighted by Gasteiger charge is -2.08. The number of ether oxygens (including phenoxy) is 1. The van der Waals surface area contributed by atoms with Gasteiger partial charge in [0, 0.05) is 11.9 Å². The zero-order chi connectivity index (χ0) is 18.9. The topological polar surface area (TPSA) is 72.5 Å². The van der Waals surface area contributed by atoms with Crippen LogP contribution in [0.4, 0.5) is 5.69 Å². The summed E-state index contributed by atoms with van der Waals surface area (Å²) in [5.74, 6) is 1.18. The van der Waals surface area contributed by atoms with Crippen LogP contribution in [0.2, 0.25) is 0 Å². The minimum atomic E-state index is 0. The Kier molecular flexibility index (Phi) is 8.74. The summed E-state index contributed by atoms with van der Waals surface area (Å²) in [6, 6.07) is 21.8. The first kappa shape index (κ1) is 21.7. The van der Waals surface area contributed by atoms with Gasteiger partial charge in [0.05, 0.1) is 12.2 Å². The van der Waals surface area contributed by atoms with Gasteiger partial charge in [0.15, 0.2) is 5.96 Å². The predicted octanol–water partition coefficient (Wildman–Crippen LogP) is 4.77. The van der Waals surface area contributed by atoms with Crippen molar-refractivity contribution in [3.05, 3.63) is 89.7 Å². The molecule has 3 aromatic rings. The van der Waals surface area contributed by atoms with Gasteiger partial charge in [-0.1, -0.05) is 37.3 Å². The number of rotatable bonds is 7. The molecule has 3 N–H and O–H groups in total. The van der Waals surface area contributed by atoms with E-state index in [9.17, 15) is 0 Å². The van der Waals surface area contributed by atoms with Crippen molar-refractivity contribution in [3.8, 4) is 5.75 Å². The molecule has 1 aromatic heterocycles. The van der Waals surface area contributed by atoms with E-state index >= 15 is 0 Å². The third-order valence-corrected chi connectivity index (χ3v) is 4.05. The molecule has 3 rings (SSSR count). The molecule has 5 nitrogen and oxygen atoms in total. The molecule has 0 aliphatic heterocycles. The standard InChI is InChI=1S/C22H24N4O.HI/c1-2-17-7-5-10-19(13-17)26-22(23)25-15-18-8-6-11-21(14-18)27-16-20-9-3-4-12-24-20;/h3-14H,2,15-16H2,1H3,(H3,23,25,26);1H. The van der Waals surface area contributed by atoms with E-state index < -0.39 is 0 Å². The molecule has 1 heterocycles. The average Bonchev–Trinajstić information content (AvgIpc) is 2.72. The van der Waals surface area contributed by atoms with E-state index in [1.807, 2.05) is 54.6 Å². The van der Waals surface area contributed by atoms with E-state index in [0.717, 1.165) is 29.1 Å². The Morgan fingerprint density at radius 3 is 2.64 bits per heavy atom. The lowest BCUT2D eigenvalue weighted by molar-refractivity contribution is 0.301. The van der Waals surface area contributed by atoms with Gasteiger partial charge in [0.2, 0.25) is 0 Å². The molecule has 28 heavy (non-hydrogen) atoms. The Morgan fingerprint density at radius 1 is 1.04 bits per heavy atom. The van der Waals surface area contributed by atoms with Crippen molar-refractivity contribution >= 4 is 35.6 Å². The third-order valence-electron chi connectivity index (χ3n) is 4.05. The summed E-state index contributed by atoms with van der Waals surface area (Å²) in [5, 5.41) is 3.14. The maximum atomic E-state index is 6.02. The zero-order valence-corrected chi connectivity index (χ0v) is 18.2. The number of aryl methyl sites for hydroxylation is 1. The molecule has 6 heteroatoms. The second-order valence-corrected chi connectivity index (χ2v) is 6.14. The van der Waals surface area contributed by atoms with Gasteiger partial charge in [0.25, 0.3) is 0 Å². The van der Waals surface area contributed by atoms with E-state index in [0.29, 0.717) is 19.1 Å². The highest BCUT2D eigenvalue weighted by molar-refractivity contribution is 14.0. The Hall–Kier alpha value is -2.61. The number of anilines is 1. The van der Waals surface area contributed by atoms with Crippen molar-refractivity contribution in [2.45, 2.75) is 26.5 Å². The summed E-state index contributed by atoms with van der Waals surface area (Å²) in [6.45, 7) is 3.04. The van der Waals surface area contributed by atoms with Crippen molar-refractivity contribution in [2.75, 3.05) is 5.32 Å². The molecule has 0 amide bonds. The van der Waals surface area contributed by atoms with E-state index in [-0.39, 0.29) is 24.0 Å². The molecular formula is C22H25IN4O. The minimum absolute atomic E-state index is 0. The molecule has 146 valence electrons. The van der Waals surface area contributed by atoms with Crippen LogP contribution in [0.15, 0.2) is 77.9 Å². The van der Waals surface area contributed by atoms with Crippen LogP contribution in [0.25, 0.3) is 0 Å². The van der Waals surface area contributed by atoms with Gasteiger partial charge < -0.3 is 15.8 Å². The van der Waals surface area contributed by atoms with Crippen LogP contribution in [-0.2, 0) is 19.6 Å². The lowest BCUT2D eigenvalue weighted by atomic mass is 10.1. The number of benzene rings is 2. The highest BCUT2D eigenvalue weighted by Gasteiger charge is 2.00. The van der Waals surface area contributed by atoms with Crippen molar-refractivity contribution in [2.24, 2.45) is 10.7 Å². The molecule has 0 atom stereocenters. The quantitative estimate of drug-likeness (QED) is 0.286. The summed E-state index contributed by atoms with van der Waals surface area (Å²) in [7, 11) is 0. The molecule has 0 bridgehead atoms. The lowest BCUT2D eigenvalue weighted by Crippen LogP contribution is -2.22. The van der Waals surface area contributed by atoms with Crippen LogP contribution in [0.1, 0.15) is 23.7 Å². The molecule has 0 aliphatic rings. The number of halogens is 1. The SMILES string of the molecule is CCc1cccc(NC(N)=NCc2cccc(OCc3ccccn3)c2)c1.I. The van der Waals surface area contributed by atoms with Crippen molar-refractivity contribution in [1.82, 2.24) is 4.98 Å². The number of guanidine groups is 1. The highest BCUT2D eigenvalue weighted by atomic mass is 127. The number of nitrogens with one attached hydrogen (secondary N) is 1. The number of aliphatic imine (C=N–C) groups is 1. The van der Waals surface area contributed by atoms with Crippen LogP contribution in [-0.4, -0.2) is 10.9 Å². The average molecular weight is 488 g/mol. The van der Waals surface area contributed by atoms with Crippen LogP contribution >= 0.6 is 24.0 Å². The van der Waals surface area contributed by atoms with Gasteiger partial charge in [-0.25, -0.2) is 4.99 Å². The Balaban J connectivity index is 0.00000280. The zero-order valence-electron chi connectivity index (χ0n) is 15.8. The smallest absolute Gasteiger partial charge is 0.193 e. The van der Waals surface area contributed by atoms with Gasteiger partial charge >= 0.3 is 0 Å². The third kappa shape index (κ3) is 6.84. The van der Waals surface area contributed by atoms with Crippen molar-refractivity contribution in [1.29, 1.82) is 0 Å². The fourth-order valence-corrected chi connectivity index (χ4v) is 2.61. The first-order valence-corrected chi connectivity index (χ1v) is 9.00. The minimum Gasteiger partial charge on any atom is -0.487 e. The molecule has 0 saturated carbocycles. The van der Waals surface area contributed by atoms with E-state index in [1.54, 1.807) is 6.20 Å². The summed E-state index contributed by atoms with van der Waals surface area (Å²) in [4.78, 5) is 8.68. The summed E-state index contributed by atoms with van der Waals surface area (Å²) >= 11 is 0. The largest absolute Gasteiger partial charge is 0.487 e. The molecule has 2 aromatic carbocycles. The molecular weight excluding hydrogens is 463 g/mol. The second-order valence-electron chi connectivity index (χ2n) is 6.14. The Morgan fingerprint density at radius 2 is 1.86 bits per heavy atom. The van der Waals surface area contributed by atoms with Gasteiger partial charge in [-0.3, -0.25) is 4.98 Å². The number of nitrogens with two attached hydrogens (primary N) is 1.